The molecule has 0 aliphatic carbocycles. The van der Waals surface area contributed by atoms with E-state index in [4.69, 9.17) is 14.7 Å². The minimum atomic E-state index is -0.522. The molecule has 0 fully saturated rings. The van der Waals surface area contributed by atoms with Crippen LogP contribution in [0.25, 0.3) is 0 Å². The van der Waals surface area contributed by atoms with Crippen LogP contribution < -0.4 is 9.47 Å². The van der Waals surface area contributed by atoms with Crippen molar-refractivity contribution in [3.8, 4) is 29.2 Å². The van der Waals surface area contributed by atoms with Crippen LogP contribution in [0.3, 0.4) is 0 Å². The number of pyridine rings is 1. The van der Waals surface area contributed by atoms with Crippen molar-refractivity contribution < 1.29 is 14.4 Å². The van der Waals surface area contributed by atoms with Crippen LogP contribution in [-0.4, -0.2) is 9.91 Å². The molecule has 3 aromatic rings. The molecular weight excluding hydrogens is 322 g/mol. The number of nitro groups is 1. The largest absolute Gasteiger partial charge is 0.457 e. The van der Waals surface area contributed by atoms with E-state index in [9.17, 15) is 10.1 Å². The zero-order valence-corrected chi connectivity index (χ0v) is 12.8. The van der Waals surface area contributed by atoms with Crippen molar-refractivity contribution in [2.45, 2.75) is 0 Å². The summed E-state index contributed by atoms with van der Waals surface area (Å²) in [4.78, 5) is 13.9. The van der Waals surface area contributed by atoms with Gasteiger partial charge in [0.1, 0.15) is 23.4 Å². The summed E-state index contributed by atoms with van der Waals surface area (Å²) in [6.45, 7) is 0. The van der Waals surface area contributed by atoms with E-state index in [2.05, 4.69) is 4.98 Å². The van der Waals surface area contributed by atoms with Crippen molar-refractivity contribution in [2.24, 2.45) is 0 Å². The van der Waals surface area contributed by atoms with E-state index in [0.29, 0.717) is 22.8 Å². The number of rotatable bonds is 5. The molecule has 0 saturated heterocycles. The number of nitrogens with zero attached hydrogens (tertiary/aromatic N) is 3. The fourth-order valence-corrected chi connectivity index (χ4v) is 1.97. The number of benzene rings is 2. The van der Waals surface area contributed by atoms with Gasteiger partial charge in [0.05, 0.1) is 16.6 Å². The molecule has 0 aliphatic rings. The molecule has 0 N–H and O–H groups in total. The van der Waals surface area contributed by atoms with Crippen LogP contribution in [0.1, 0.15) is 5.56 Å². The molecule has 0 atom stereocenters. The van der Waals surface area contributed by atoms with Crippen LogP contribution >= 0.6 is 0 Å². The first-order valence-electron chi connectivity index (χ1n) is 7.20. The summed E-state index contributed by atoms with van der Waals surface area (Å²) in [5.41, 5.74) is 0.463. The van der Waals surface area contributed by atoms with Gasteiger partial charge in [-0.1, -0.05) is 0 Å². The Hall–Kier alpha value is -3.92. The predicted molar refractivity (Wildman–Crippen MR) is 88.6 cm³/mol. The fraction of sp³-hybridized carbons (Fsp3) is 0. The topological polar surface area (TPSA) is 98.3 Å². The van der Waals surface area contributed by atoms with Gasteiger partial charge in [-0.3, -0.25) is 10.1 Å². The molecule has 2 aromatic carbocycles. The highest BCUT2D eigenvalue weighted by Gasteiger charge is 2.06. The maximum Gasteiger partial charge on any atom is 0.287 e. The Morgan fingerprint density at radius 1 is 0.880 bits per heavy atom. The number of hydrogen-bond acceptors (Lipinski definition) is 6. The summed E-state index contributed by atoms with van der Waals surface area (Å²) in [5.74, 6) is 2.00. The van der Waals surface area contributed by atoms with Crippen molar-refractivity contribution in [1.29, 1.82) is 5.26 Å². The molecule has 1 heterocycles. The molecule has 0 amide bonds. The second-order valence-electron chi connectivity index (χ2n) is 4.92. The quantitative estimate of drug-likeness (QED) is 0.505. The molecule has 0 aliphatic heterocycles. The van der Waals surface area contributed by atoms with Gasteiger partial charge in [0, 0.05) is 12.1 Å². The third-order valence-electron chi connectivity index (χ3n) is 3.20. The first-order valence-corrected chi connectivity index (χ1v) is 7.20. The first kappa shape index (κ1) is 16.0. The van der Waals surface area contributed by atoms with E-state index in [1.165, 1.54) is 12.1 Å². The highest BCUT2D eigenvalue weighted by atomic mass is 16.6. The highest BCUT2D eigenvalue weighted by Crippen LogP contribution is 2.26. The van der Waals surface area contributed by atoms with Crippen LogP contribution in [-0.2, 0) is 0 Å². The van der Waals surface area contributed by atoms with Crippen molar-refractivity contribution in [3.63, 3.8) is 0 Å². The molecule has 1 aromatic heterocycles. The number of ether oxygens (including phenoxy) is 2. The molecule has 0 unspecified atom stereocenters. The van der Waals surface area contributed by atoms with Crippen LogP contribution in [0.5, 0.6) is 23.1 Å². The zero-order chi connectivity index (χ0) is 17.6. The van der Waals surface area contributed by atoms with E-state index in [0.717, 1.165) is 6.20 Å². The van der Waals surface area contributed by atoms with Crippen LogP contribution in [0.4, 0.5) is 5.69 Å². The average Bonchev–Trinajstić information content (AvgIpc) is 2.64. The number of nitriles is 1. The minimum absolute atomic E-state index is 0.0986. The Morgan fingerprint density at radius 2 is 1.44 bits per heavy atom. The molecule has 0 bridgehead atoms. The Labute approximate surface area is 142 Å². The van der Waals surface area contributed by atoms with Crippen molar-refractivity contribution in [1.82, 2.24) is 4.98 Å². The molecule has 7 nitrogen and oxygen atoms in total. The second kappa shape index (κ2) is 7.10. The lowest BCUT2D eigenvalue weighted by molar-refractivity contribution is -0.385. The third-order valence-corrected chi connectivity index (χ3v) is 3.20. The molecule has 0 saturated carbocycles. The molecule has 0 spiro atoms. The molecule has 7 heteroatoms. The van der Waals surface area contributed by atoms with Gasteiger partial charge >= 0.3 is 0 Å². The fourth-order valence-electron chi connectivity index (χ4n) is 1.97. The lowest BCUT2D eigenvalue weighted by Gasteiger charge is -2.07. The van der Waals surface area contributed by atoms with Crippen LogP contribution in [0.2, 0.25) is 0 Å². The summed E-state index contributed by atoms with van der Waals surface area (Å²) in [5, 5.41) is 19.4. The third kappa shape index (κ3) is 4.09. The number of aromatic nitrogens is 1. The highest BCUT2D eigenvalue weighted by molar-refractivity contribution is 5.39. The van der Waals surface area contributed by atoms with Crippen molar-refractivity contribution in [3.05, 3.63) is 82.5 Å². The van der Waals surface area contributed by atoms with Gasteiger partial charge in [-0.15, -0.1) is 0 Å². The van der Waals surface area contributed by atoms with Gasteiger partial charge in [-0.2, -0.15) is 5.26 Å². The monoisotopic (exact) mass is 333 g/mol. The van der Waals surface area contributed by atoms with Gasteiger partial charge in [-0.25, -0.2) is 4.98 Å². The van der Waals surface area contributed by atoms with E-state index < -0.39 is 4.92 Å². The van der Waals surface area contributed by atoms with Gasteiger partial charge in [0.25, 0.3) is 5.69 Å². The standard InChI is InChI=1S/C18H11N3O4/c19-11-13-1-4-15(5-2-13)24-16-6-8-17(9-7-16)25-18-10-3-14(12-20-18)21(22)23/h1-10,12H. The SMILES string of the molecule is N#Cc1ccc(Oc2ccc(Oc3ccc([N+](=O)[O-])cn3)cc2)cc1. The molecule has 122 valence electrons. The molecular formula is C18H11N3O4. The summed E-state index contributed by atoms with van der Waals surface area (Å²) in [7, 11) is 0. The summed E-state index contributed by atoms with van der Waals surface area (Å²) in [6, 6.07) is 18.4. The van der Waals surface area contributed by atoms with Crippen LogP contribution in [0.15, 0.2) is 66.9 Å². The van der Waals surface area contributed by atoms with Gasteiger partial charge in [0.2, 0.25) is 5.88 Å². The zero-order valence-electron chi connectivity index (χ0n) is 12.8. The maximum absolute atomic E-state index is 10.6. The van der Waals surface area contributed by atoms with E-state index in [1.807, 2.05) is 6.07 Å². The van der Waals surface area contributed by atoms with E-state index in [1.54, 1.807) is 48.5 Å². The lowest BCUT2D eigenvalue weighted by Crippen LogP contribution is -1.91. The molecule has 0 radical (unpaired) electrons. The Morgan fingerprint density at radius 3 is 1.92 bits per heavy atom. The van der Waals surface area contributed by atoms with E-state index in [-0.39, 0.29) is 11.6 Å². The summed E-state index contributed by atoms with van der Waals surface area (Å²) < 4.78 is 11.2. The Kier molecular flexibility index (Phi) is 4.53. The minimum Gasteiger partial charge on any atom is -0.457 e. The van der Waals surface area contributed by atoms with Gasteiger partial charge < -0.3 is 9.47 Å². The van der Waals surface area contributed by atoms with Crippen molar-refractivity contribution >= 4 is 5.69 Å². The Bertz CT molecular complexity index is 915. The van der Waals surface area contributed by atoms with Crippen LogP contribution in [0, 0.1) is 21.4 Å². The number of hydrogen-bond donors (Lipinski definition) is 0. The molecule has 25 heavy (non-hydrogen) atoms. The predicted octanol–water partition coefficient (Wildman–Crippen LogP) is 4.45. The average molecular weight is 333 g/mol. The molecule has 3 rings (SSSR count). The lowest BCUT2D eigenvalue weighted by atomic mass is 10.2. The smallest absolute Gasteiger partial charge is 0.287 e. The summed E-state index contributed by atoms with van der Waals surface area (Å²) in [6.07, 6.45) is 1.14. The first-order chi connectivity index (χ1) is 12.1. The van der Waals surface area contributed by atoms with Crippen molar-refractivity contribution in [2.75, 3.05) is 0 Å². The second-order valence-corrected chi connectivity index (χ2v) is 4.92. The van der Waals surface area contributed by atoms with Gasteiger partial charge in [-0.05, 0) is 48.5 Å². The Balaban J connectivity index is 1.65. The normalized spacial score (nSPS) is 9.88. The maximum atomic E-state index is 10.6. The summed E-state index contributed by atoms with van der Waals surface area (Å²) >= 11 is 0. The van der Waals surface area contributed by atoms with Gasteiger partial charge in [0.15, 0.2) is 0 Å². The van der Waals surface area contributed by atoms with E-state index >= 15 is 0 Å².